The molecule has 0 spiro atoms. The highest BCUT2D eigenvalue weighted by atomic mass is 16.7. The maximum absolute atomic E-state index is 12.1. The van der Waals surface area contributed by atoms with Crippen LogP contribution in [-0.4, -0.2) is 79.5 Å². The van der Waals surface area contributed by atoms with Gasteiger partial charge in [0.25, 0.3) is 0 Å². The van der Waals surface area contributed by atoms with Crippen LogP contribution < -0.4 is 14.8 Å². The molecule has 0 aliphatic carbocycles. The molecule has 0 heterocycles. The lowest BCUT2D eigenvalue weighted by atomic mass is 9.95. The van der Waals surface area contributed by atoms with Crippen molar-refractivity contribution in [1.82, 2.24) is 5.32 Å². The Labute approximate surface area is 222 Å². The van der Waals surface area contributed by atoms with Crippen LogP contribution >= 0.6 is 0 Å². The van der Waals surface area contributed by atoms with Crippen molar-refractivity contribution in [3.05, 3.63) is 47.0 Å². The largest absolute Gasteiger partial charge is 0.469 e. The number of hydrogen-bond acceptors (Lipinski definition) is 10. The van der Waals surface area contributed by atoms with E-state index in [1.807, 2.05) is 6.07 Å². The molecule has 0 radical (unpaired) electrons. The van der Waals surface area contributed by atoms with Gasteiger partial charge in [0.1, 0.15) is 11.5 Å². The van der Waals surface area contributed by atoms with Crippen molar-refractivity contribution in [3.63, 3.8) is 0 Å². The topological polar surface area (TPSA) is 128 Å². The van der Waals surface area contributed by atoms with Gasteiger partial charge in [-0.1, -0.05) is 6.07 Å². The number of nitrogens with one attached hydrogen (secondary N) is 1. The van der Waals surface area contributed by atoms with Gasteiger partial charge in [-0.15, -0.1) is 0 Å². The fourth-order valence-corrected chi connectivity index (χ4v) is 3.36. The highest BCUT2D eigenvalue weighted by Gasteiger charge is 2.20. The average molecular weight is 534 g/mol. The first kappa shape index (κ1) is 30.7. The number of rotatable bonds is 18. The van der Waals surface area contributed by atoms with Gasteiger partial charge in [0.05, 0.1) is 45.5 Å². The van der Waals surface area contributed by atoms with Crippen LogP contribution in [0.2, 0.25) is 0 Å². The van der Waals surface area contributed by atoms with Gasteiger partial charge in [-0.2, -0.15) is 0 Å². The second kappa shape index (κ2) is 17.1. The van der Waals surface area contributed by atoms with Crippen molar-refractivity contribution < 1.29 is 47.5 Å². The van der Waals surface area contributed by atoms with E-state index in [4.69, 9.17) is 33.2 Å². The Hall–Kier alpha value is -3.51. The third-order valence-electron chi connectivity index (χ3n) is 5.20. The molecule has 2 aromatic carbocycles. The zero-order valence-electron chi connectivity index (χ0n) is 22.2. The van der Waals surface area contributed by atoms with E-state index in [-0.39, 0.29) is 43.8 Å². The van der Waals surface area contributed by atoms with E-state index in [0.717, 1.165) is 5.56 Å². The van der Waals surface area contributed by atoms with E-state index in [1.165, 1.54) is 14.0 Å². The van der Waals surface area contributed by atoms with Crippen molar-refractivity contribution in [2.24, 2.45) is 0 Å². The summed E-state index contributed by atoms with van der Waals surface area (Å²) in [6, 6.07) is 8.64. The Morgan fingerprint density at radius 3 is 2.11 bits per heavy atom. The zero-order valence-corrected chi connectivity index (χ0v) is 22.2. The Bertz CT molecular complexity index is 1060. The molecule has 2 rings (SSSR count). The van der Waals surface area contributed by atoms with E-state index in [2.05, 4.69) is 5.32 Å². The van der Waals surface area contributed by atoms with Crippen molar-refractivity contribution >= 4 is 18.2 Å². The number of benzene rings is 2. The minimum absolute atomic E-state index is 0.0554. The number of aldehydes is 1. The molecule has 0 aromatic heterocycles. The highest BCUT2D eigenvalue weighted by Crippen LogP contribution is 2.40. The van der Waals surface area contributed by atoms with Gasteiger partial charge in [0.15, 0.2) is 19.9 Å². The van der Waals surface area contributed by atoms with Crippen molar-refractivity contribution in [2.45, 2.75) is 19.9 Å². The molecule has 38 heavy (non-hydrogen) atoms. The molecule has 0 saturated heterocycles. The Kier molecular flexibility index (Phi) is 13.8. The number of carbonyl (C=O) groups excluding carboxylic acids is 3. The van der Waals surface area contributed by atoms with Gasteiger partial charge in [-0.3, -0.25) is 14.4 Å². The Morgan fingerprint density at radius 2 is 1.50 bits per heavy atom. The van der Waals surface area contributed by atoms with Crippen LogP contribution in [0.25, 0.3) is 11.1 Å². The summed E-state index contributed by atoms with van der Waals surface area (Å²) < 4.78 is 37.5. The maximum Gasteiger partial charge on any atom is 0.309 e. The molecule has 208 valence electrons. The summed E-state index contributed by atoms with van der Waals surface area (Å²) >= 11 is 0. The van der Waals surface area contributed by atoms with Crippen LogP contribution in [0.4, 0.5) is 0 Å². The van der Waals surface area contributed by atoms with Gasteiger partial charge in [-0.05, 0) is 35.4 Å². The predicted octanol–water partition coefficient (Wildman–Crippen LogP) is 2.52. The van der Waals surface area contributed by atoms with Gasteiger partial charge in [-0.25, -0.2) is 0 Å². The molecule has 0 aliphatic rings. The first-order valence-electron chi connectivity index (χ1n) is 11.9. The number of methoxy groups -OCH3 is 3. The summed E-state index contributed by atoms with van der Waals surface area (Å²) in [6.45, 7) is 2.91. The standard InChI is InChI=1S/C27H35NO10/c1-19(30)28-15-20-5-6-25(37-17-35-9-7-32-2)23(12-20)24-13-21(14-26(31)34-4)11-22(16-29)27(24)38-18-36-10-8-33-3/h5-6,11-13,16H,7-10,14-15,17-18H2,1-4H3,(H,28,30). The Balaban J connectivity index is 2.56. The molecule has 2 aromatic rings. The van der Waals surface area contributed by atoms with E-state index >= 15 is 0 Å². The molecule has 0 unspecified atom stereocenters. The monoisotopic (exact) mass is 533 g/mol. The molecule has 1 amide bonds. The van der Waals surface area contributed by atoms with E-state index in [0.29, 0.717) is 55.2 Å². The van der Waals surface area contributed by atoms with E-state index in [9.17, 15) is 14.4 Å². The van der Waals surface area contributed by atoms with Crippen LogP contribution in [-0.2, 0) is 46.2 Å². The lowest BCUT2D eigenvalue weighted by Crippen LogP contribution is -2.19. The molecule has 11 heteroatoms. The molecule has 0 atom stereocenters. The average Bonchev–Trinajstić information content (AvgIpc) is 2.92. The van der Waals surface area contributed by atoms with Crippen LogP contribution in [0.5, 0.6) is 11.5 Å². The minimum atomic E-state index is -0.466. The SMILES string of the molecule is COCCOCOc1ccc(CNC(C)=O)cc1-c1cc(CC(=O)OC)cc(C=O)c1OCOCCOC. The maximum atomic E-state index is 12.1. The molecule has 0 saturated carbocycles. The van der Waals surface area contributed by atoms with E-state index < -0.39 is 5.97 Å². The van der Waals surface area contributed by atoms with Gasteiger partial charge in [0, 0.05) is 38.8 Å². The highest BCUT2D eigenvalue weighted by molar-refractivity contribution is 5.89. The molecular weight excluding hydrogens is 498 g/mol. The number of esters is 1. The van der Waals surface area contributed by atoms with Crippen molar-refractivity contribution in [3.8, 4) is 22.6 Å². The summed E-state index contributed by atoms with van der Waals surface area (Å²) in [4.78, 5) is 35.6. The number of carbonyl (C=O) groups is 3. The van der Waals surface area contributed by atoms with Crippen LogP contribution in [0.3, 0.4) is 0 Å². The van der Waals surface area contributed by atoms with Crippen LogP contribution in [0.1, 0.15) is 28.4 Å². The number of ether oxygens (including phenoxy) is 7. The quantitative estimate of drug-likeness (QED) is 0.132. The molecule has 0 fully saturated rings. The van der Waals surface area contributed by atoms with Crippen molar-refractivity contribution in [2.75, 3.05) is 61.3 Å². The number of hydrogen-bond donors (Lipinski definition) is 1. The molecule has 0 aliphatic heterocycles. The number of amides is 1. The lowest BCUT2D eigenvalue weighted by Gasteiger charge is -2.19. The summed E-state index contributed by atoms with van der Waals surface area (Å²) in [5.74, 6) is 0.0322. The van der Waals surface area contributed by atoms with E-state index in [1.54, 1.807) is 38.5 Å². The van der Waals surface area contributed by atoms with Gasteiger partial charge in [0.2, 0.25) is 5.91 Å². The van der Waals surface area contributed by atoms with Crippen molar-refractivity contribution in [1.29, 1.82) is 0 Å². The fraction of sp³-hybridized carbons (Fsp3) is 0.444. The molecule has 11 nitrogen and oxygen atoms in total. The first-order chi connectivity index (χ1) is 18.4. The third kappa shape index (κ3) is 10.1. The van der Waals surface area contributed by atoms with Crippen LogP contribution in [0, 0.1) is 0 Å². The third-order valence-corrected chi connectivity index (χ3v) is 5.20. The minimum Gasteiger partial charge on any atom is -0.469 e. The van der Waals surface area contributed by atoms with Crippen LogP contribution in [0.15, 0.2) is 30.3 Å². The molecule has 1 N–H and O–H groups in total. The summed E-state index contributed by atoms with van der Waals surface area (Å²) in [6.07, 6.45) is 0.584. The first-order valence-corrected chi connectivity index (χ1v) is 11.9. The summed E-state index contributed by atoms with van der Waals surface area (Å²) in [5.41, 5.74) is 2.57. The van der Waals surface area contributed by atoms with Gasteiger partial charge < -0.3 is 38.5 Å². The fourth-order valence-electron chi connectivity index (χ4n) is 3.36. The Morgan fingerprint density at radius 1 is 0.842 bits per heavy atom. The summed E-state index contributed by atoms with van der Waals surface area (Å²) in [7, 11) is 4.42. The molecule has 0 bridgehead atoms. The normalized spacial score (nSPS) is 10.6. The predicted molar refractivity (Wildman–Crippen MR) is 137 cm³/mol. The molecular formula is C27H35NO10. The zero-order chi connectivity index (χ0) is 27.8. The lowest BCUT2D eigenvalue weighted by molar-refractivity contribution is -0.139. The van der Waals surface area contributed by atoms with Gasteiger partial charge >= 0.3 is 5.97 Å². The second-order valence-electron chi connectivity index (χ2n) is 8.00. The summed E-state index contributed by atoms with van der Waals surface area (Å²) in [5, 5.41) is 2.76. The smallest absolute Gasteiger partial charge is 0.309 e. The second-order valence-corrected chi connectivity index (χ2v) is 8.00.